The minimum absolute atomic E-state index is 0.672. The summed E-state index contributed by atoms with van der Waals surface area (Å²) in [7, 11) is 0. The summed E-state index contributed by atoms with van der Waals surface area (Å²) < 4.78 is 5.17. The number of benzene rings is 1. The van der Waals surface area contributed by atoms with Crippen LogP contribution in [0.25, 0.3) is 11.1 Å². The number of hydrogen-bond donors (Lipinski definition) is 1. The van der Waals surface area contributed by atoms with E-state index in [2.05, 4.69) is 23.4 Å². The van der Waals surface area contributed by atoms with Gasteiger partial charge >= 0.3 is 0 Å². The molecule has 0 spiro atoms. The lowest BCUT2D eigenvalue weighted by molar-refractivity contribution is 0.393. The van der Waals surface area contributed by atoms with Gasteiger partial charge in [-0.3, -0.25) is 0 Å². The van der Waals surface area contributed by atoms with Crippen molar-refractivity contribution < 1.29 is 4.52 Å². The minimum Gasteiger partial charge on any atom is -0.361 e. The van der Waals surface area contributed by atoms with E-state index in [1.54, 1.807) is 0 Å². The lowest BCUT2D eigenvalue weighted by atomic mass is 10.0. The normalized spacial score (nSPS) is 10.7. The van der Waals surface area contributed by atoms with Gasteiger partial charge in [0.1, 0.15) is 5.76 Å². The molecule has 0 aliphatic carbocycles. The molecule has 0 saturated carbocycles. The maximum absolute atomic E-state index is 5.56. The van der Waals surface area contributed by atoms with E-state index in [-0.39, 0.29) is 0 Å². The molecule has 2 rings (SSSR count). The molecule has 3 nitrogen and oxygen atoms in total. The Balaban J connectivity index is 2.44. The molecule has 16 heavy (non-hydrogen) atoms. The Morgan fingerprint density at radius 3 is 2.75 bits per heavy atom. The second-order valence-electron chi connectivity index (χ2n) is 3.94. The first-order valence-corrected chi connectivity index (χ1v) is 5.44. The van der Waals surface area contributed by atoms with Crippen molar-refractivity contribution in [3.8, 4) is 11.1 Å². The van der Waals surface area contributed by atoms with Gasteiger partial charge in [-0.05, 0) is 37.9 Å². The van der Waals surface area contributed by atoms with E-state index >= 15 is 0 Å². The van der Waals surface area contributed by atoms with Crippen LogP contribution in [-0.2, 0) is 6.42 Å². The third-order valence-corrected chi connectivity index (χ3v) is 2.68. The van der Waals surface area contributed by atoms with Gasteiger partial charge in [0.15, 0.2) is 0 Å². The van der Waals surface area contributed by atoms with Crippen LogP contribution in [0.5, 0.6) is 0 Å². The van der Waals surface area contributed by atoms with Crippen LogP contribution in [0.1, 0.15) is 17.0 Å². The zero-order valence-electron chi connectivity index (χ0n) is 9.66. The van der Waals surface area contributed by atoms with E-state index in [9.17, 15) is 0 Å². The van der Waals surface area contributed by atoms with E-state index in [1.165, 1.54) is 5.56 Å². The molecule has 0 aliphatic rings. The summed E-state index contributed by atoms with van der Waals surface area (Å²) in [5.41, 5.74) is 9.99. The van der Waals surface area contributed by atoms with Crippen molar-refractivity contribution in [1.29, 1.82) is 0 Å². The van der Waals surface area contributed by atoms with Crippen molar-refractivity contribution in [3.63, 3.8) is 0 Å². The summed E-state index contributed by atoms with van der Waals surface area (Å²) >= 11 is 0. The highest BCUT2D eigenvalue weighted by Crippen LogP contribution is 2.27. The van der Waals surface area contributed by atoms with Crippen LogP contribution in [0.15, 0.2) is 28.8 Å². The molecule has 0 radical (unpaired) electrons. The molecular formula is C13H16N2O. The number of nitrogens with zero attached hydrogens (tertiary/aromatic N) is 1. The molecule has 0 saturated heterocycles. The van der Waals surface area contributed by atoms with Gasteiger partial charge in [-0.25, -0.2) is 0 Å². The Morgan fingerprint density at radius 2 is 2.12 bits per heavy atom. The molecule has 0 amide bonds. The predicted octanol–water partition coefficient (Wildman–Crippen LogP) is 2.46. The largest absolute Gasteiger partial charge is 0.361 e. The fraction of sp³-hybridized carbons (Fsp3) is 0.308. The zero-order chi connectivity index (χ0) is 11.5. The van der Waals surface area contributed by atoms with E-state index in [0.717, 1.165) is 29.0 Å². The average molecular weight is 216 g/mol. The molecular weight excluding hydrogens is 200 g/mol. The van der Waals surface area contributed by atoms with Crippen molar-refractivity contribution in [2.45, 2.75) is 20.3 Å². The van der Waals surface area contributed by atoms with Crippen LogP contribution < -0.4 is 5.73 Å². The molecule has 0 aliphatic heterocycles. The lowest BCUT2D eigenvalue weighted by Crippen LogP contribution is -2.02. The third-order valence-electron chi connectivity index (χ3n) is 2.68. The van der Waals surface area contributed by atoms with E-state index in [4.69, 9.17) is 10.3 Å². The van der Waals surface area contributed by atoms with Crippen molar-refractivity contribution in [2.24, 2.45) is 5.73 Å². The van der Waals surface area contributed by atoms with Crippen molar-refractivity contribution in [3.05, 3.63) is 41.3 Å². The van der Waals surface area contributed by atoms with Gasteiger partial charge in [0.25, 0.3) is 0 Å². The fourth-order valence-corrected chi connectivity index (χ4v) is 1.94. The van der Waals surface area contributed by atoms with Gasteiger partial charge in [-0.2, -0.15) is 0 Å². The number of aromatic nitrogens is 1. The van der Waals surface area contributed by atoms with Gasteiger partial charge in [0.05, 0.1) is 5.69 Å². The van der Waals surface area contributed by atoms with Crippen molar-refractivity contribution in [1.82, 2.24) is 5.16 Å². The van der Waals surface area contributed by atoms with E-state index in [1.807, 2.05) is 19.9 Å². The van der Waals surface area contributed by atoms with E-state index in [0.29, 0.717) is 6.54 Å². The summed E-state index contributed by atoms with van der Waals surface area (Å²) in [4.78, 5) is 0. The number of aryl methyl sites for hydroxylation is 2. The summed E-state index contributed by atoms with van der Waals surface area (Å²) in [5, 5.41) is 3.97. The quantitative estimate of drug-likeness (QED) is 0.857. The SMILES string of the molecule is Cc1noc(C)c1-c1cccc(CCN)c1. The molecule has 3 heteroatoms. The third kappa shape index (κ3) is 1.99. The standard InChI is InChI=1S/C13H16N2O/c1-9-13(10(2)16-15-9)12-5-3-4-11(8-12)6-7-14/h3-5,8H,6-7,14H2,1-2H3. The molecule has 84 valence electrons. The number of hydrogen-bond acceptors (Lipinski definition) is 3. The topological polar surface area (TPSA) is 52.0 Å². The Morgan fingerprint density at radius 1 is 1.31 bits per heavy atom. The van der Waals surface area contributed by atoms with Crippen LogP contribution in [0.4, 0.5) is 0 Å². The Labute approximate surface area is 95.3 Å². The van der Waals surface area contributed by atoms with Crippen molar-refractivity contribution in [2.75, 3.05) is 6.54 Å². The van der Waals surface area contributed by atoms with Crippen molar-refractivity contribution >= 4 is 0 Å². The average Bonchev–Trinajstić information content (AvgIpc) is 2.59. The van der Waals surface area contributed by atoms with Crippen LogP contribution in [0.3, 0.4) is 0 Å². The first-order valence-electron chi connectivity index (χ1n) is 5.44. The van der Waals surface area contributed by atoms with Crippen LogP contribution in [-0.4, -0.2) is 11.7 Å². The highest BCUT2D eigenvalue weighted by Gasteiger charge is 2.11. The van der Waals surface area contributed by atoms with Gasteiger partial charge < -0.3 is 10.3 Å². The Hall–Kier alpha value is -1.61. The smallest absolute Gasteiger partial charge is 0.141 e. The Bertz CT molecular complexity index is 469. The first kappa shape index (κ1) is 10.9. The summed E-state index contributed by atoms with van der Waals surface area (Å²) in [6.45, 7) is 4.57. The van der Waals surface area contributed by atoms with Gasteiger partial charge in [0.2, 0.25) is 0 Å². The summed E-state index contributed by atoms with van der Waals surface area (Å²) in [6, 6.07) is 8.37. The molecule has 0 atom stereocenters. The molecule has 1 heterocycles. The zero-order valence-corrected chi connectivity index (χ0v) is 9.66. The van der Waals surface area contributed by atoms with Crippen LogP contribution >= 0.6 is 0 Å². The summed E-state index contributed by atoms with van der Waals surface area (Å²) in [6.07, 6.45) is 0.900. The second kappa shape index (κ2) is 4.49. The summed E-state index contributed by atoms with van der Waals surface area (Å²) in [5.74, 6) is 0.863. The fourth-order valence-electron chi connectivity index (χ4n) is 1.94. The van der Waals surface area contributed by atoms with Crippen LogP contribution in [0, 0.1) is 13.8 Å². The minimum atomic E-state index is 0.672. The monoisotopic (exact) mass is 216 g/mol. The lowest BCUT2D eigenvalue weighted by Gasteiger charge is -2.03. The maximum Gasteiger partial charge on any atom is 0.141 e. The van der Waals surface area contributed by atoms with Crippen LogP contribution in [0.2, 0.25) is 0 Å². The van der Waals surface area contributed by atoms with E-state index < -0.39 is 0 Å². The number of nitrogens with two attached hydrogens (primary N) is 1. The molecule has 0 unspecified atom stereocenters. The molecule has 1 aromatic heterocycles. The highest BCUT2D eigenvalue weighted by molar-refractivity contribution is 5.68. The predicted molar refractivity (Wildman–Crippen MR) is 64.2 cm³/mol. The van der Waals surface area contributed by atoms with Gasteiger partial charge in [-0.15, -0.1) is 0 Å². The molecule has 0 fully saturated rings. The molecule has 2 aromatic rings. The van der Waals surface area contributed by atoms with Gasteiger partial charge in [0, 0.05) is 5.56 Å². The second-order valence-corrected chi connectivity index (χ2v) is 3.94. The number of rotatable bonds is 3. The Kier molecular flexibility index (Phi) is 3.06. The highest BCUT2D eigenvalue weighted by atomic mass is 16.5. The first-order chi connectivity index (χ1) is 7.72. The molecule has 0 bridgehead atoms. The van der Waals surface area contributed by atoms with Gasteiger partial charge in [-0.1, -0.05) is 29.4 Å². The maximum atomic E-state index is 5.56. The molecule has 2 N–H and O–H groups in total. The molecule has 1 aromatic carbocycles.